The van der Waals surface area contributed by atoms with Crippen molar-refractivity contribution >= 4 is 29.0 Å². The summed E-state index contributed by atoms with van der Waals surface area (Å²) >= 11 is 5.93. The maximum Gasteiger partial charge on any atom is 0.261 e. The molecular formula is C19H14ClN3O. The standard InChI is InChI=1S/C19H14ClN3O/c20-13-10-11-17(21-12-13)23-18(22-14-6-2-1-3-7-14)15-8-4-5-9-16(15)19(23)24/h1-12,18,22H/t18-/m0/s1. The molecule has 1 amide bonds. The molecule has 0 saturated carbocycles. The smallest absolute Gasteiger partial charge is 0.261 e. The second-order valence-corrected chi connectivity index (χ2v) is 5.95. The van der Waals surface area contributed by atoms with Crippen LogP contribution in [-0.4, -0.2) is 10.9 Å². The zero-order chi connectivity index (χ0) is 16.5. The molecule has 24 heavy (non-hydrogen) atoms. The third-order valence-corrected chi connectivity index (χ3v) is 4.22. The number of hydrogen-bond donors (Lipinski definition) is 1. The minimum atomic E-state index is -0.315. The highest BCUT2D eigenvalue weighted by molar-refractivity contribution is 6.30. The molecule has 1 N–H and O–H groups in total. The lowest BCUT2D eigenvalue weighted by molar-refractivity contribution is 0.0992. The largest absolute Gasteiger partial charge is 0.361 e. The molecule has 0 saturated heterocycles. The first-order valence-electron chi connectivity index (χ1n) is 7.60. The number of pyridine rings is 1. The summed E-state index contributed by atoms with van der Waals surface area (Å²) in [6.45, 7) is 0. The number of halogens is 1. The van der Waals surface area contributed by atoms with Crippen LogP contribution in [0.4, 0.5) is 11.5 Å². The number of hydrogen-bond acceptors (Lipinski definition) is 3. The minimum Gasteiger partial charge on any atom is -0.361 e. The lowest BCUT2D eigenvalue weighted by Crippen LogP contribution is -2.32. The number of anilines is 2. The van der Waals surface area contributed by atoms with Gasteiger partial charge < -0.3 is 5.32 Å². The van der Waals surface area contributed by atoms with Crippen molar-refractivity contribution in [2.75, 3.05) is 10.2 Å². The molecule has 0 fully saturated rings. The van der Waals surface area contributed by atoms with Gasteiger partial charge in [0.15, 0.2) is 0 Å². The second kappa shape index (κ2) is 5.98. The molecule has 1 aliphatic heterocycles. The zero-order valence-corrected chi connectivity index (χ0v) is 13.4. The van der Waals surface area contributed by atoms with Crippen LogP contribution in [-0.2, 0) is 0 Å². The van der Waals surface area contributed by atoms with Crippen LogP contribution in [0, 0.1) is 0 Å². The van der Waals surface area contributed by atoms with Crippen molar-refractivity contribution in [3.8, 4) is 0 Å². The number of nitrogens with one attached hydrogen (secondary N) is 1. The molecule has 0 spiro atoms. The van der Waals surface area contributed by atoms with Gasteiger partial charge in [0.1, 0.15) is 12.0 Å². The Balaban J connectivity index is 1.79. The molecular weight excluding hydrogens is 322 g/mol. The Morgan fingerprint density at radius 3 is 2.46 bits per heavy atom. The molecule has 1 atom stereocenters. The van der Waals surface area contributed by atoms with Crippen LogP contribution in [0.25, 0.3) is 0 Å². The molecule has 5 heteroatoms. The van der Waals surface area contributed by atoms with Gasteiger partial charge in [-0.05, 0) is 30.3 Å². The van der Waals surface area contributed by atoms with Gasteiger partial charge in [0.2, 0.25) is 0 Å². The Bertz CT molecular complexity index is 881. The Morgan fingerprint density at radius 2 is 1.71 bits per heavy atom. The fourth-order valence-electron chi connectivity index (χ4n) is 2.90. The van der Waals surface area contributed by atoms with E-state index in [0.29, 0.717) is 16.4 Å². The summed E-state index contributed by atoms with van der Waals surface area (Å²) in [4.78, 5) is 18.9. The van der Waals surface area contributed by atoms with Crippen LogP contribution in [0.15, 0.2) is 72.9 Å². The van der Waals surface area contributed by atoms with Crippen molar-refractivity contribution in [3.63, 3.8) is 0 Å². The number of rotatable bonds is 3. The predicted octanol–water partition coefficient (Wildman–Crippen LogP) is 4.51. The lowest BCUT2D eigenvalue weighted by atomic mass is 10.1. The van der Waals surface area contributed by atoms with Crippen LogP contribution in [0.1, 0.15) is 22.1 Å². The number of para-hydroxylation sites is 1. The van der Waals surface area contributed by atoms with Crippen LogP contribution in [0.2, 0.25) is 5.02 Å². The van der Waals surface area contributed by atoms with Crippen molar-refractivity contribution in [2.45, 2.75) is 6.17 Å². The molecule has 118 valence electrons. The van der Waals surface area contributed by atoms with Gasteiger partial charge in [-0.2, -0.15) is 0 Å². The Kier molecular flexibility index (Phi) is 3.67. The van der Waals surface area contributed by atoms with Crippen molar-refractivity contribution in [2.24, 2.45) is 0 Å². The Morgan fingerprint density at radius 1 is 0.958 bits per heavy atom. The SMILES string of the molecule is O=C1c2ccccc2[C@@H](Nc2ccccc2)N1c1ccc(Cl)cn1. The number of fused-ring (bicyclic) bond motifs is 1. The number of aromatic nitrogens is 1. The summed E-state index contributed by atoms with van der Waals surface area (Å²) in [6.07, 6.45) is 1.23. The van der Waals surface area contributed by atoms with Crippen molar-refractivity contribution in [1.29, 1.82) is 0 Å². The van der Waals surface area contributed by atoms with Crippen LogP contribution in [0.3, 0.4) is 0 Å². The zero-order valence-electron chi connectivity index (χ0n) is 12.7. The monoisotopic (exact) mass is 335 g/mol. The number of carbonyl (C=O) groups excluding carboxylic acids is 1. The van der Waals surface area contributed by atoms with E-state index < -0.39 is 0 Å². The Labute approximate surface area is 144 Å². The summed E-state index contributed by atoms with van der Waals surface area (Å²) in [6, 6.07) is 20.9. The van der Waals surface area contributed by atoms with E-state index in [-0.39, 0.29) is 12.1 Å². The van der Waals surface area contributed by atoms with Gasteiger partial charge in [0.05, 0.1) is 5.02 Å². The molecule has 0 aliphatic carbocycles. The maximum atomic E-state index is 12.9. The highest BCUT2D eigenvalue weighted by atomic mass is 35.5. The first-order chi connectivity index (χ1) is 11.7. The van der Waals surface area contributed by atoms with Crippen molar-refractivity contribution < 1.29 is 4.79 Å². The number of benzene rings is 2. The van der Waals surface area contributed by atoms with Crippen molar-refractivity contribution in [1.82, 2.24) is 4.98 Å². The average molecular weight is 336 g/mol. The van der Waals surface area contributed by atoms with Crippen LogP contribution >= 0.6 is 11.6 Å². The average Bonchev–Trinajstić information content (AvgIpc) is 2.89. The van der Waals surface area contributed by atoms with Gasteiger partial charge in [0.25, 0.3) is 5.91 Å². The summed E-state index contributed by atoms with van der Waals surface area (Å²) < 4.78 is 0. The van der Waals surface area contributed by atoms with E-state index in [2.05, 4.69) is 10.3 Å². The molecule has 0 unspecified atom stereocenters. The third-order valence-electron chi connectivity index (χ3n) is 4.00. The molecule has 2 heterocycles. The number of amides is 1. The third kappa shape index (κ3) is 2.51. The van der Waals surface area contributed by atoms with Crippen LogP contribution < -0.4 is 10.2 Å². The predicted molar refractivity (Wildman–Crippen MR) is 95.3 cm³/mol. The topological polar surface area (TPSA) is 45.2 Å². The van der Waals surface area contributed by atoms with E-state index in [1.165, 1.54) is 0 Å². The summed E-state index contributed by atoms with van der Waals surface area (Å²) in [5.74, 6) is 0.489. The number of nitrogens with zero attached hydrogens (tertiary/aromatic N) is 2. The molecule has 2 aromatic carbocycles. The minimum absolute atomic E-state index is 0.0751. The van der Waals surface area contributed by atoms with Gasteiger partial charge in [-0.3, -0.25) is 9.69 Å². The van der Waals surface area contributed by atoms with E-state index in [9.17, 15) is 4.79 Å². The van der Waals surface area contributed by atoms with Gasteiger partial charge in [0, 0.05) is 23.0 Å². The van der Waals surface area contributed by atoms with Crippen LogP contribution in [0.5, 0.6) is 0 Å². The molecule has 1 aromatic heterocycles. The van der Waals surface area contributed by atoms with Gasteiger partial charge >= 0.3 is 0 Å². The summed E-state index contributed by atoms with van der Waals surface area (Å²) in [5, 5.41) is 3.96. The molecule has 4 rings (SSSR count). The lowest BCUT2D eigenvalue weighted by Gasteiger charge is -2.26. The summed E-state index contributed by atoms with van der Waals surface area (Å²) in [5.41, 5.74) is 2.55. The second-order valence-electron chi connectivity index (χ2n) is 5.51. The van der Waals surface area contributed by atoms with E-state index >= 15 is 0 Å². The van der Waals surface area contributed by atoms with E-state index in [1.54, 1.807) is 23.2 Å². The first kappa shape index (κ1) is 14.7. The quantitative estimate of drug-likeness (QED) is 0.766. The van der Waals surface area contributed by atoms with E-state index in [4.69, 9.17) is 11.6 Å². The number of carbonyl (C=O) groups is 1. The fourth-order valence-corrected chi connectivity index (χ4v) is 3.01. The highest BCUT2D eigenvalue weighted by Crippen LogP contribution is 2.37. The van der Waals surface area contributed by atoms with E-state index in [1.807, 2.05) is 54.6 Å². The molecule has 0 bridgehead atoms. The molecule has 0 radical (unpaired) electrons. The fraction of sp³-hybridized carbons (Fsp3) is 0.0526. The Hall–Kier alpha value is -2.85. The highest BCUT2D eigenvalue weighted by Gasteiger charge is 2.38. The van der Waals surface area contributed by atoms with Gasteiger partial charge in [-0.25, -0.2) is 4.98 Å². The first-order valence-corrected chi connectivity index (χ1v) is 7.97. The van der Waals surface area contributed by atoms with Gasteiger partial charge in [-0.1, -0.05) is 48.0 Å². The van der Waals surface area contributed by atoms with Crippen molar-refractivity contribution in [3.05, 3.63) is 89.1 Å². The maximum absolute atomic E-state index is 12.9. The molecule has 4 nitrogen and oxygen atoms in total. The normalized spacial score (nSPS) is 16.1. The summed E-state index contributed by atoms with van der Waals surface area (Å²) in [7, 11) is 0. The molecule has 3 aromatic rings. The van der Waals surface area contributed by atoms with E-state index in [0.717, 1.165) is 11.3 Å². The molecule has 1 aliphatic rings. The van der Waals surface area contributed by atoms with Gasteiger partial charge in [-0.15, -0.1) is 0 Å².